The summed E-state index contributed by atoms with van der Waals surface area (Å²) in [7, 11) is 0. The minimum Gasteiger partial charge on any atom is -0.396 e. The first-order valence-corrected chi connectivity index (χ1v) is 7.22. The van der Waals surface area contributed by atoms with Gasteiger partial charge in [0.25, 0.3) is 0 Å². The smallest absolute Gasteiger partial charge is 0.137 e. The van der Waals surface area contributed by atoms with Crippen LogP contribution in [0.5, 0.6) is 0 Å². The molecule has 0 bridgehead atoms. The third-order valence-corrected chi connectivity index (χ3v) is 3.90. The van der Waals surface area contributed by atoms with Crippen molar-refractivity contribution in [2.45, 2.75) is 32.7 Å². The van der Waals surface area contributed by atoms with E-state index in [-0.39, 0.29) is 12.4 Å². The van der Waals surface area contributed by atoms with Gasteiger partial charge in [-0.05, 0) is 52.9 Å². The summed E-state index contributed by atoms with van der Waals surface area (Å²) in [6, 6.07) is 5.06. The Morgan fingerprint density at radius 3 is 2.83 bits per heavy atom. The van der Waals surface area contributed by atoms with Crippen LogP contribution in [0.15, 0.2) is 22.7 Å². The lowest BCUT2D eigenvalue weighted by Gasteiger charge is -2.16. The van der Waals surface area contributed by atoms with Crippen LogP contribution in [0.1, 0.15) is 31.7 Å². The molecular formula is C14H21BrFNO. The van der Waals surface area contributed by atoms with E-state index >= 15 is 0 Å². The summed E-state index contributed by atoms with van der Waals surface area (Å²) >= 11 is 3.25. The number of nitrogens with one attached hydrogen (secondary N) is 1. The average Bonchev–Trinajstić information content (AvgIpc) is 2.35. The van der Waals surface area contributed by atoms with Gasteiger partial charge in [0.05, 0.1) is 4.47 Å². The van der Waals surface area contributed by atoms with Gasteiger partial charge in [0, 0.05) is 13.2 Å². The number of aliphatic hydroxyl groups excluding tert-OH is 1. The molecule has 1 unspecified atom stereocenters. The van der Waals surface area contributed by atoms with Crippen LogP contribution in [0.2, 0.25) is 0 Å². The first kappa shape index (κ1) is 15.6. The first-order valence-electron chi connectivity index (χ1n) is 6.43. The SMILES string of the molecule is CCCC(CCO)CNCc1cccc(F)c1Br. The topological polar surface area (TPSA) is 32.3 Å². The number of hydrogen-bond acceptors (Lipinski definition) is 2. The molecule has 0 spiro atoms. The van der Waals surface area contributed by atoms with Crippen LogP contribution >= 0.6 is 15.9 Å². The highest BCUT2D eigenvalue weighted by molar-refractivity contribution is 9.10. The van der Waals surface area contributed by atoms with Gasteiger partial charge in [-0.25, -0.2) is 4.39 Å². The van der Waals surface area contributed by atoms with Crippen molar-refractivity contribution in [1.29, 1.82) is 0 Å². The Hall–Kier alpha value is -0.450. The standard InChI is InChI=1S/C14H21BrFNO/c1-2-4-11(7-8-18)9-17-10-12-5-3-6-13(16)14(12)15/h3,5-6,11,17-18H,2,4,7-10H2,1H3. The minimum absolute atomic E-state index is 0.227. The van der Waals surface area contributed by atoms with E-state index in [0.29, 0.717) is 16.9 Å². The van der Waals surface area contributed by atoms with Gasteiger partial charge in [-0.1, -0.05) is 25.5 Å². The fraction of sp³-hybridized carbons (Fsp3) is 0.571. The van der Waals surface area contributed by atoms with E-state index in [1.165, 1.54) is 6.07 Å². The fourth-order valence-electron chi connectivity index (χ4n) is 2.04. The van der Waals surface area contributed by atoms with Crippen LogP contribution < -0.4 is 5.32 Å². The summed E-state index contributed by atoms with van der Waals surface area (Å²) in [6.45, 7) is 3.88. The van der Waals surface area contributed by atoms with Crippen molar-refractivity contribution in [1.82, 2.24) is 5.32 Å². The summed E-state index contributed by atoms with van der Waals surface area (Å²) in [6.07, 6.45) is 3.05. The molecule has 1 aromatic rings. The lowest BCUT2D eigenvalue weighted by Crippen LogP contribution is -2.23. The quantitative estimate of drug-likeness (QED) is 0.769. The molecule has 0 aliphatic heterocycles. The highest BCUT2D eigenvalue weighted by Gasteiger charge is 2.08. The molecule has 1 rings (SSSR count). The molecule has 0 heterocycles. The molecule has 4 heteroatoms. The zero-order chi connectivity index (χ0) is 13.4. The maximum atomic E-state index is 13.3. The molecule has 0 aromatic heterocycles. The second kappa shape index (κ2) is 8.62. The van der Waals surface area contributed by atoms with E-state index < -0.39 is 0 Å². The maximum absolute atomic E-state index is 13.3. The molecule has 0 fully saturated rings. The predicted octanol–water partition coefficient (Wildman–Crippen LogP) is 3.48. The molecule has 18 heavy (non-hydrogen) atoms. The van der Waals surface area contributed by atoms with Crippen LogP contribution in [0.4, 0.5) is 4.39 Å². The second-order valence-corrected chi connectivity index (χ2v) is 5.30. The van der Waals surface area contributed by atoms with Gasteiger partial charge in [0.1, 0.15) is 5.82 Å². The largest absolute Gasteiger partial charge is 0.396 e. The van der Waals surface area contributed by atoms with Crippen molar-refractivity contribution in [2.75, 3.05) is 13.2 Å². The Labute approximate surface area is 117 Å². The van der Waals surface area contributed by atoms with Gasteiger partial charge < -0.3 is 10.4 Å². The molecule has 0 amide bonds. The number of rotatable bonds is 8. The van der Waals surface area contributed by atoms with Crippen molar-refractivity contribution in [3.63, 3.8) is 0 Å². The van der Waals surface area contributed by atoms with Crippen LogP contribution in [0.25, 0.3) is 0 Å². The molecular weight excluding hydrogens is 297 g/mol. The maximum Gasteiger partial charge on any atom is 0.137 e. The van der Waals surface area contributed by atoms with E-state index in [1.54, 1.807) is 6.07 Å². The molecule has 0 aliphatic carbocycles. The molecule has 0 radical (unpaired) electrons. The Balaban J connectivity index is 2.42. The molecule has 0 aliphatic rings. The molecule has 1 atom stereocenters. The summed E-state index contributed by atoms with van der Waals surface area (Å²) in [5, 5.41) is 12.3. The Kier molecular flexibility index (Phi) is 7.47. The fourth-order valence-corrected chi connectivity index (χ4v) is 2.44. The van der Waals surface area contributed by atoms with E-state index in [1.807, 2.05) is 6.07 Å². The minimum atomic E-state index is -0.227. The van der Waals surface area contributed by atoms with Gasteiger partial charge in [-0.3, -0.25) is 0 Å². The third-order valence-electron chi connectivity index (χ3n) is 3.01. The van der Waals surface area contributed by atoms with Crippen LogP contribution in [0, 0.1) is 11.7 Å². The van der Waals surface area contributed by atoms with Crippen molar-refractivity contribution in [3.05, 3.63) is 34.1 Å². The van der Waals surface area contributed by atoms with Gasteiger partial charge in [-0.2, -0.15) is 0 Å². The van der Waals surface area contributed by atoms with Crippen molar-refractivity contribution in [3.8, 4) is 0 Å². The number of hydrogen-bond donors (Lipinski definition) is 2. The number of aliphatic hydroxyl groups is 1. The lowest BCUT2D eigenvalue weighted by molar-refractivity contribution is 0.248. The second-order valence-electron chi connectivity index (χ2n) is 4.51. The van der Waals surface area contributed by atoms with E-state index in [2.05, 4.69) is 28.2 Å². The molecule has 102 valence electrons. The zero-order valence-electron chi connectivity index (χ0n) is 10.8. The van der Waals surface area contributed by atoms with Gasteiger partial charge in [0.15, 0.2) is 0 Å². The Morgan fingerprint density at radius 2 is 2.17 bits per heavy atom. The van der Waals surface area contributed by atoms with Gasteiger partial charge >= 0.3 is 0 Å². The predicted molar refractivity (Wildman–Crippen MR) is 75.9 cm³/mol. The van der Waals surface area contributed by atoms with Crippen molar-refractivity contribution in [2.24, 2.45) is 5.92 Å². The van der Waals surface area contributed by atoms with Crippen molar-refractivity contribution >= 4 is 15.9 Å². The summed E-state index contributed by atoms with van der Waals surface area (Å²) in [4.78, 5) is 0. The van der Waals surface area contributed by atoms with Gasteiger partial charge in [-0.15, -0.1) is 0 Å². The molecule has 0 saturated carbocycles. The van der Waals surface area contributed by atoms with Crippen LogP contribution in [0.3, 0.4) is 0 Å². The summed E-state index contributed by atoms with van der Waals surface area (Å²) in [5.74, 6) is 0.266. The molecule has 2 N–H and O–H groups in total. The zero-order valence-corrected chi connectivity index (χ0v) is 12.3. The average molecular weight is 318 g/mol. The summed E-state index contributed by atoms with van der Waals surface area (Å²) < 4.78 is 13.8. The van der Waals surface area contributed by atoms with Crippen molar-refractivity contribution < 1.29 is 9.50 Å². The van der Waals surface area contributed by atoms with E-state index in [9.17, 15) is 4.39 Å². The molecule has 1 aromatic carbocycles. The number of halogens is 2. The van der Waals surface area contributed by atoms with Gasteiger partial charge in [0.2, 0.25) is 0 Å². The highest BCUT2D eigenvalue weighted by Crippen LogP contribution is 2.20. The van der Waals surface area contributed by atoms with E-state index in [0.717, 1.165) is 31.4 Å². The lowest BCUT2D eigenvalue weighted by atomic mass is 10.0. The van der Waals surface area contributed by atoms with Crippen LogP contribution in [-0.4, -0.2) is 18.3 Å². The van der Waals surface area contributed by atoms with Crippen LogP contribution in [-0.2, 0) is 6.54 Å². The first-order chi connectivity index (χ1) is 8.69. The Bertz CT molecular complexity index is 354. The summed E-state index contributed by atoms with van der Waals surface area (Å²) in [5.41, 5.74) is 0.925. The molecule has 0 saturated heterocycles. The monoisotopic (exact) mass is 317 g/mol. The normalized spacial score (nSPS) is 12.7. The Morgan fingerprint density at radius 1 is 1.39 bits per heavy atom. The number of benzene rings is 1. The van der Waals surface area contributed by atoms with E-state index in [4.69, 9.17) is 5.11 Å². The molecule has 2 nitrogen and oxygen atoms in total. The third kappa shape index (κ3) is 5.04. The highest BCUT2D eigenvalue weighted by atomic mass is 79.9.